The molecule has 1 fully saturated rings. The molecule has 0 radical (unpaired) electrons. The van der Waals surface area contributed by atoms with E-state index in [1.54, 1.807) is 0 Å². The van der Waals surface area contributed by atoms with Crippen molar-refractivity contribution >= 4 is 37.4 Å². The molecular weight excluding hydrogens is 315 g/mol. The number of para-hydroxylation sites is 2. The second-order valence-corrected chi connectivity index (χ2v) is 5.62. The second kappa shape index (κ2) is 5.61. The van der Waals surface area contributed by atoms with Gasteiger partial charge in [-0.15, -0.1) is 0 Å². The van der Waals surface area contributed by atoms with Crippen LogP contribution < -0.4 is 9.80 Å². The zero-order valence-corrected chi connectivity index (χ0v) is 12.6. The van der Waals surface area contributed by atoms with Crippen LogP contribution in [0.15, 0.2) is 60.7 Å². The van der Waals surface area contributed by atoms with E-state index in [9.17, 15) is 4.79 Å². The van der Waals surface area contributed by atoms with Crippen molar-refractivity contribution in [2.45, 2.75) is 0 Å². The van der Waals surface area contributed by atoms with E-state index in [-0.39, 0.29) is 5.91 Å². The molecule has 0 N–H and O–H groups in total. The van der Waals surface area contributed by atoms with Crippen molar-refractivity contribution in [2.24, 2.45) is 0 Å². The first-order valence-electron chi connectivity index (χ1n) is 6.46. The molecule has 20 heavy (non-hydrogen) atoms. The van der Waals surface area contributed by atoms with Crippen LogP contribution in [0.4, 0.5) is 11.4 Å². The summed E-state index contributed by atoms with van der Waals surface area (Å²) in [4.78, 5) is 16.2. The summed E-state index contributed by atoms with van der Waals surface area (Å²) in [6.45, 7) is 0.943. The minimum absolute atomic E-state index is 0.110. The number of rotatable bonds is 2. The standard InChI is InChI=1S/C16H14N2OSe/c19-15-11-18(14-9-5-2-6-10-14)16(20)12-17(15)13-7-3-1-4-8-13/h1-10H,11-12H2. The van der Waals surface area contributed by atoms with Crippen LogP contribution in [0.2, 0.25) is 0 Å². The number of nitrogens with zero attached hydrogens (tertiary/aromatic N) is 2. The van der Waals surface area contributed by atoms with E-state index in [0.717, 1.165) is 15.9 Å². The number of carbonyl (C=O) groups excluding carboxylic acids is 1. The van der Waals surface area contributed by atoms with Crippen LogP contribution in [0.1, 0.15) is 0 Å². The molecule has 3 nitrogen and oxygen atoms in total. The molecule has 2 aromatic rings. The Morgan fingerprint density at radius 3 is 1.80 bits per heavy atom. The zero-order chi connectivity index (χ0) is 13.9. The van der Waals surface area contributed by atoms with E-state index in [2.05, 4.69) is 15.6 Å². The number of piperazine rings is 1. The van der Waals surface area contributed by atoms with Gasteiger partial charge in [-0.05, 0) is 0 Å². The van der Waals surface area contributed by atoms with Crippen molar-refractivity contribution in [1.82, 2.24) is 0 Å². The van der Waals surface area contributed by atoms with Gasteiger partial charge in [-0.2, -0.15) is 0 Å². The normalized spacial score (nSPS) is 15.6. The monoisotopic (exact) mass is 330 g/mol. The fourth-order valence-corrected chi connectivity index (χ4v) is 2.93. The van der Waals surface area contributed by atoms with Gasteiger partial charge in [-0.1, -0.05) is 0 Å². The van der Waals surface area contributed by atoms with E-state index < -0.39 is 0 Å². The molecule has 0 saturated carbocycles. The van der Waals surface area contributed by atoms with Crippen LogP contribution in [0, 0.1) is 0 Å². The molecule has 1 heterocycles. The van der Waals surface area contributed by atoms with E-state index >= 15 is 0 Å². The first kappa shape index (κ1) is 13.1. The quantitative estimate of drug-likeness (QED) is 0.785. The third kappa shape index (κ3) is 2.53. The summed E-state index contributed by atoms with van der Waals surface area (Å²) in [6, 6.07) is 19.8. The first-order chi connectivity index (χ1) is 9.75. The van der Waals surface area contributed by atoms with Gasteiger partial charge >= 0.3 is 126 Å². The summed E-state index contributed by atoms with van der Waals surface area (Å²) in [5, 5.41) is 0. The Hall–Kier alpha value is -1.90. The predicted octanol–water partition coefficient (Wildman–Crippen LogP) is 1.84. The topological polar surface area (TPSA) is 23.6 Å². The fraction of sp³-hybridized carbons (Fsp3) is 0.125. The van der Waals surface area contributed by atoms with Gasteiger partial charge in [0.05, 0.1) is 0 Å². The van der Waals surface area contributed by atoms with Gasteiger partial charge in [0.15, 0.2) is 0 Å². The molecule has 0 bridgehead atoms. The molecule has 1 amide bonds. The molecule has 100 valence electrons. The summed E-state index contributed by atoms with van der Waals surface area (Å²) >= 11 is 3.10. The van der Waals surface area contributed by atoms with Gasteiger partial charge < -0.3 is 0 Å². The molecule has 0 atom stereocenters. The Balaban J connectivity index is 1.84. The van der Waals surface area contributed by atoms with Crippen LogP contribution >= 0.6 is 0 Å². The molecule has 4 heteroatoms. The van der Waals surface area contributed by atoms with Crippen molar-refractivity contribution in [3.63, 3.8) is 0 Å². The molecule has 2 aromatic carbocycles. The third-order valence-corrected chi connectivity index (χ3v) is 4.06. The second-order valence-electron chi connectivity index (χ2n) is 4.63. The average Bonchev–Trinajstić information content (AvgIpc) is 2.51. The molecule has 0 aliphatic carbocycles. The van der Waals surface area contributed by atoms with Gasteiger partial charge in [0.25, 0.3) is 0 Å². The van der Waals surface area contributed by atoms with Gasteiger partial charge in [0.1, 0.15) is 0 Å². The number of hydrogen-bond donors (Lipinski definition) is 0. The Morgan fingerprint density at radius 2 is 1.25 bits per heavy atom. The van der Waals surface area contributed by atoms with Crippen molar-refractivity contribution in [3.8, 4) is 0 Å². The van der Waals surface area contributed by atoms with E-state index in [1.165, 1.54) is 0 Å². The van der Waals surface area contributed by atoms with Crippen molar-refractivity contribution in [3.05, 3.63) is 60.7 Å². The van der Waals surface area contributed by atoms with Crippen LogP contribution in [0.5, 0.6) is 0 Å². The SMILES string of the molecule is O=C1CN(c2ccccc2)C(=[Se])CN1c1ccccc1. The molecule has 0 spiro atoms. The van der Waals surface area contributed by atoms with E-state index in [0.29, 0.717) is 13.1 Å². The number of hydrogen-bond acceptors (Lipinski definition) is 2. The number of benzene rings is 2. The van der Waals surface area contributed by atoms with Crippen molar-refractivity contribution < 1.29 is 4.79 Å². The van der Waals surface area contributed by atoms with Crippen LogP contribution in [0.25, 0.3) is 0 Å². The van der Waals surface area contributed by atoms with Gasteiger partial charge in [-0.25, -0.2) is 0 Å². The zero-order valence-electron chi connectivity index (χ0n) is 10.9. The molecule has 0 aromatic heterocycles. The molecule has 1 aliphatic rings. The number of amides is 1. The molecular formula is C16H14N2OSe. The van der Waals surface area contributed by atoms with Crippen molar-refractivity contribution in [1.29, 1.82) is 0 Å². The van der Waals surface area contributed by atoms with Crippen LogP contribution in [-0.2, 0) is 4.79 Å². The van der Waals surface area contributed by atoms with Crippen LogP contribution in [-0.4, -0.2) is 39.1 Å². The Kier molecular flexibility index (Phi) is 3.68. The first-order valence-corrected chi connectivity index (χ1v) is 7.32. The third-order valence-electron chi connectivity index (χ3n) is 3.32. The van der Waals surface area contributed by atoms with E-state index in [1.807, 2.05) is 70.5 Å². The summed E-state index contributed by atoms with van der Waals surface area (Å²) < 4.78 is 1.06. The average molecular weight is 329 g/mol. The van der Waals surface area contributed by atoms with E-state index in [4.69, 9.17) is 0 Å². The Labute approximate surface area is 126 Å². The summed E-state index contributed by atoms with van der Waals surface area (Å²) in [6.07, 6.45) is 0. The molecule has 0 unspecified atom stereocenters. The van der Waals surface area contributed by atoms with Crippen molar-refractivity contribution in [2.75, 3.05) is 22.9 Å². The summed E-state index contributed by atoms with van der Waals surface area (Å²) in [5.74, 6) is 0.110. The molecule has 3 rings (SSSR count). The van der Waals surface area contributed by atoms with Crippen LogP contribution in [0.3, 0.4) is 0 Å². The molecule has 1 aliphatic heterocycles. The predicted molar refractivity (Wildman–Crippen MR) is 83.3 cm³/mol. The van der Waals surface area contributed by atoms with Gasteiger partial charge in [-0.3, -0.25) is 0 Å². The summed E-state index contributed by atoms with van der Waals surface area (Å²) in [5.41, 5.74) is 1.99. The Morgan fingerprint density at radius 1 is 0.750 bits per heavy atom. The fourth-order valence-electron chi connectivity index (χ4n) is 2.30. The maximum atomic E-state index is 12.4. The summed E-state index contributed by atoms with van der Waals surface area (Å²) in [7, 11) is 0. The Bertz CT molecular complexity index is 570. The van der Waals surface area contributed by atoms with Gasteiger partial charge in [0.2, 0.25) is 0 Å². The number of anilines is 2. The minimum atomic E-state index is 0.110. The molecule has 1 saturated heterocycles. The number of carbonyl (C=O) groups is 1. The van der Waals surface area contributed by atoms with Gasteiger partial charge in [0, 0.05) is 0 Å². The maximum absolute atomic E-state index is 12.4.